The van der Waals surface area contributed by atoms with Crippen molar-refractivity contribution in [1.29, 1.82) is 0 Å². The molecule has 0 spiro atoms. The molecule has 0 heterocycles. The molecular weight excluding hydrogens is 233 g/mol. The average Bonchev–Trinajstić information content (AvgIpc) is 2.27. The smallest absolute Gasteiger partial charge is 0.129 e. The van der Waals surface area contributed by atoms with Gasteiger partial charge in [-0.2, -0.15) is 0 Å². The first-order chi connectivity index (χ1) is 8.28. The van der Waals surface area contributed by atoms with E-state index >= 15 is 0 Å². The van der Waals surface area contributed by atoms with Crippen LogP contribution >= 0.6 is 0 Å². The Morgan fingerprint density at radius 3 is 2.61 bits per heavy atom. The Balaban J connectivity index is 2.38. The van der Waals surface area contributed by atoms with Gasteiger partial charge in [-0.25, -0.2) is 4.39 Å². The van der Waals surface area contributed by atoms with Crippen molar-refractivity contribution in [2.45, 2.75) is 39.3 Å². The molecule has 1 rings (SSSR count). The fourth-order valence-corrected chi connectivity index (χ4v) is 1.34. The van der Waals surface area contributed by atoms with Crippen LogP contribution in [0.25, 0.3) is 0 Å². The molecule has 0 aromatic heterocycles. The standard InChI is InChI=1S/C14H22FNO2/c1-10-5-6-12(7-13(10)15)18-9-11(17)8-16-14(2,3)4/h5-7,11,16-17H,8-9H2,1-4H3. The molecule has 18 heavy (non-hydrogen) atoms. The molecule has 2 N–H and O–H groups in total. The Labute approximate surface area is 108 Å². The molecule has 0 aliphatic carbocycles. The van der Waals surface area contributed by atoms with Crippen LogP contribution < -0.4 is 10.1 Å². The van der Waals surface area contributed by atoms with E-state index in [1.54, 1.807) is 19.1 Å². The maximum Gasteiger partial charge on any atom is 0.129 e. The van der Waals surface area contributed by atoms with Crippen molar-refractivity contribution >= 4 is 0 Å². The van der Waals surface area contributed by atoms with Crippen molar-refractivity contribution in [2.75, 3.05) is 13.2 Å². The number of hydrogen-bond acceptors (Lipinski definition) is 3. The highest BCUT2D eigenvalue weighted by Gasteiger charge is 2.12. The van der Waals surface area contributed by atoms with E-state index in [9.17, 15) is 9.50 Å². The fourth-order valence-electron chi connectivity index (χ4n) is 1.34. The van der Waals surface area contributed by atoms with Gasteiger partial charge in [0, 0.05) is 18.2 Å². The SMILES string of the molecule is Cc1ccc(OCC(O)CNC(C)(C)C)cc1F. The lowest BCUT2D eigenvalue weighted by Crippen LogP contribution is -2.42. The van der Waals surface area contributed by atoms with Gasteiger partial charge in [0.25, 0.3) is 0 Å². The molecular formula is C14H22FNO2. The number of β-amino-alcohol motifs (C(OH)–C–C–N with tert-alkyl or cyclic N) is 1. The molecule has 1 atom stereocenters. The summed E-state index contributed by atoms with van der Waals surface area (Å²) in [5.41, 5.74) is 0.536. The molecule has 102 valence electrons. The normalized spacial score (nSPS) is 13.4. The van der Waals surface area contributed by atoms with E-state index in [0.29, 0.717) is 17.9 Å². The van der Waals surface area contributed by atoms with Gasteiger partial charge in [-0.05, 0) is 39.3 Å². The first-order valence-corrected chi connectivity index (χ1v) is 6.10. The van der Waals surface area contributed by atoms with Crippen LogP contribution in [-0.4, -0.2) is 29.9 Å². The summed E-state index contributed by atoms with van der Waals surface area (Å²) in [6.07, 6.45) is -0.617. The van der Waals surface area contributed by atoms with E-state index in [0.717, 1.165) is 0 Å². The molecule has 0 aliphatic heterocycles. The quantitative estimate of drug-likeness (QED) is 0.848. The summed E-state index contributed by atoms with van der Waals surface area (Å²) in [5, 5.41) is 12.9. The first-order valence-electron chi connectivity index (χ1n) is 6.10. The lowest BCUT2D eigenvalue weighted by molar-refractivity contribution is 0.0999. The Hall–Kier alpha value is -1.13. The number of aliphatic hydroxyl groups is 1. The molecule has 4 heteroatoms. The summed E-state index contributed by atoms with van der Waals surface area (Å²) in [7, 11) is 0. The zero-order valence-corrected chi connectivity index (χ0v) is 11.5. The number of halogens is 1. The van der Waals surface area contributed by atoms with Crippen molar-refractivity contribution < 1.29 is 14.2 Å². The van der Waals surface area contributed by atoms with Gasteiger partial charge in [-0.1, -0.05) is 6.07 Å². The van der Waals surface area contributed by atoms with Gasteiger partial charge < -0.3 is 15.2 Å². The van der Waals surface area contributed by atoms with Gasteiger partial charge in [0.1, 0.15) is 24.3 Å². The molecule has 0 saturated heterocycles. The maximum atomic E-state index is 13.3. The lowest BCUT2D eigenvalue weighted by Gasteiger charge is -2.23. The second kappa shape index (κ2) is 6.16. The first kappa shape index (κ1) is 14.9. The van der Waals surface area contributed by atoms with Crippen LogP contribution in [0.15, 0.2) is 18.2 Å². The van der Waals surface area contributed by atoms with Crippen LogP contribution in [0.2, 0.25) is 0 Å². The van der Waals surface area contributed by atoms with Gasteiger partial charge >= 0.3 is 0 Å². The van der Waals surface area contributed by atoms with Gasteiger partial charge in [-0.3, -0.25) is 0 Å². The number of hydrogen-bond donors (Lipinski definition) is 2. The minimum absolute atomic E-state index is 0.0447. The predicted octanol–water partition coefficient (Wildman–Crippen LogP) is 2.26. The number of ether oxygens (including phenoxy) is 1. The van der Waals surface area contributed by atoms with Crippen molar-refractivity contribution in [3.63, 3.8) is 0 Å². The fraction of sp³-hybridized carbons (Fsp3) is 0.571. The Bertz CT molecular complexity index is 388. The monoisotopic (exact) mass is 255 g/mol. The Morgan fingerprint density at radius 2 is 2.06 bits per heavy atom. The van der Waals surface area contributed by atoms with Gasteiger partial charge in [-0.15, -0.1) is 0 Å². The second-order valence-corrected chi connectivity index (χ2v) is 5.51. The number of aliphatic hydroxyl groups excluding tert-OH is 1. The second-order valence-electron chi connectivity index (χ2n) is 5.51. The van der Waals surface area contributed by atoms with E-state index < -0.39 is 6.10 Å². The van der Waals surface area contributed by atoms with Crippen LogP contribution in [0.1, 0.15) is 26.3 Å². The highest BCUT2D eigenvalue weighted by Crippen LogP contribution is 2.15. The molecule has 0 aliphatic rings. The van der Waals surface area contributed by atoms with Crippen LogP contribution in [-0.2, 0) is 0 Å². The molecule has 0 saturated carbocycles. The van der Waals surface area contributed by atoms with Gasteiger partial charge in [0.2, 0.25) is 0 Å². The largest absolute Gasteiger partial charge is 0.491 e. The molecule has 1 aromatic rings. The van der Waals surface area contributed by atoms with Crippen LogP contribution in [0.4, 0.5) is 4.39 Å². The lowest BCUT2D eigenvalue weighted by atomic mass is 10.1. The number of nitrogens with one attached hydrogen (secondary N) is 1. The molecule has 0 fully saturated rings. The summed E-state index contributed by atoms with van der Waals surface area (Å²) in [6, 6.07) is 4.69. The van der Waals surface area contributed by atoms with Gasteiger partial charge in [0.05, 0.1) is 0 Å². The number of aryl methyl sites for hydroxylation is 1. The summed E-state index contributed by atoms with van der Waals surface area (Å²) >= 11 is 0. The molecule has 0 amide bonds. The minimum atomic E-state index is -0.617. The van der Waals surface area contributed by atoms with Crippen molar-refractivity contribution in [3.05, 3.63) is 29.6 Å². The summed E-state index contributed by atoms with van der Waals surface area (Å²) < 4.78 is 18.6. The maximum absolute atomic E-state index is 13.3. The zero-order chi connectivity index (χ0) is 13.8. The minimum Gasteiger partial charge on any atom is -0.491 e. The third kappa shape index (κ3) is 5.47. The van der Waals surface area contributed by atoms with E-state index in [2.05, 4.69) is 5.32 Å². The summed E-state index contributed by atoms with van der Waals surface area (Å²) in [5.74, 6) is 0.141. The molecule has 1 aromatic carbocycles. The average molecular weight is 255 g/mol. The number of benzene rings is 1. The molecule has 0 bridgehead atoms. The topological polar surface area (TPSA) is 41.5 Å². The zero-order valence-electron chi connectivity index (χ0n) is 11.5. The summed E-state index contributed by atoms with van der Waals surface area (Å²) in [4.78, 5) is 0. The van der Waals surface area contributed by atoms with E-state index in [1.807, 2.05) is 20.8 Å². The van der Waals surface area contributed by atoms with Crippen LogP contribution in [0, 0.1) is 12.7 Å². The van der Waals surface area contributed by atoms with E-state index in [1.165, 1.54) is 6.07 Å². The molecule has 0 radical (unpaired) electrons. The number of rotatable bonds is 5. The van der Waals surface area contributed by atoms with Crippen molar-refractivity contribution in [1.82, 2.24) is 5.32 Å². The highest BCUT2D eigenvalue weighted by molar-refractivity contribution is 5.27. The predicted molar refractivity (Wildman–Crippen MR) is 70.4 cm³/mol. The Morgan fingerprint density at radius 1 is 1.39 bits per heavy atom. The van der Waals surface area contributed by atoms with Crippen molar-refractivity contribution in [2.24, 2.45) is 0 Å². The van der Waals surface area contributed by atoms with Gasteiger partial charge in [0.15, 0.2) is 0 Å². The van der Waals surface area contributed by atoms with Crippen LogP contribution in [0.3, 0.4) is 0 Å². The van der Waals surface area contributed by atoms with E-state index in [4.69, 9.17) is 4.74 Å². The molecule has 3 nitrogen and oxygen atoms in total. The molecule has 1 unspecified atom stereocenters. The Kier molecular flexibility index (Phi) is 5.11. The summed E-state index contributed by atoms with van der Waals surface area (Å²) in [6.45, 7) is 8.35. The van der Waals surface area contributed by atoms with E-state index in [-0.39, 0.29) is 18.0 Å². The van der Waals surface area contributed by atoms with Crippen molar-refractivity contribution in [3.8, 4) is 5.75 Å². The third-order valence-corrected chi connectivity index (χ3v) is 2.45. The van der Waals surface area contributed by atoms with Crippen LogP contribution in [0.5, 0.6) is 5.75 Å². The highest BCUT2D eigenvalue weighted by atomic mass is 19.1. The third-order valence-electron chi connectivity index (χ3n) is 2.45.